The maximum absolute atomic E-state index is 12.7. The Balaban J connectivity index is 1.88. The van der Waals surface area contributed by atoms with Crippen LogP contribution < -0.4 is 5.73 Å². The zero-order valence-electron chi connectivity index (χ0n) is 12.0. The zero-order chi connectivity index (χ0) is 15.2. The molecule has 0 radical (unpaired) electrons. The summed E-state index contributed by atoms with van der Waals surface area (Å²) in [5, 5.41) is 0. The largest absolute Gasteiger partial charge is 0.327 e. The molecule has 1 saturated heterocycles. The minimum atomic E-state index is -3.53. The summed E-state index contributed by atoms with van der Waals surface area (Å²) in [6.45, 7) is 2.48. The first-order chi connectivity index (χ1) is 9.89. The SMILES string of the molecule is CC(=O)c1cccc(S(=O)(=O)N2CC3CCC(N)C3C2)c1. The van der Waals surface area contributed by atoms with Gasteiger partial charge in [0.05, 0.1) is 4.90 Å². The molecule has 1 aliphatic carbocycles. The van der Waals surface area contributed by atoms with Crippen molar-refractivity contribution in [3.05, 3.63) is 29.8 Å². The van der Waals surface area contributed by atoms with Crippen LogP contribution in [-0.4, -0.2) is 37.6 Å². The number of nitrogens with zero attached hydrogens (tertiary/aromatic N) is 1. The zero-order valence-corrected chi connectivity index (χ0v) is 12.8. The van der Waals surface area contributed by atoms with E-state index in [9.17, 15) is 13.2 Å². The van der Waals surface area contributed by atoms with Crippen molar-refractivity contribution >= 4 is 15.8 Å². The first kappa shape index (κ1) is 14.7. The maximum atomic E-state index is 12.7. The van der Waals surface area contributed by atoms with Gasteiger partial charge in [-0.3, -0.25) is 4.79 Å². The number of sulfonamides is 1. The third-order valence-electron chi connectivity index (χ3n) is 4.76. The molecule has 1 aromatic rings. The van der Waals surface area contributed by atoms with Crippen LogP contribution in [-0.2, 0) is 10.0 Å². The number of carbonyl (C=O) groups excluding carboxylic acids is 1. The lowest BCUT2D eigenvalue weighted by Crippen LogP contribution is -2.33. The Morgan fingerprint density at radius 3 is 2.71 bits per heavy atom. The number of nitrogens with two attached hydrogens (primary N) is 1. The van der Waals surface area contributed by atoms with Crippen LogP contribution in [0.4, 0.5) is 0 Å². The summed E-state index contributed by atoms with van der Waals surface area (Å²) in [5.41, 5.74) is 6.49. The van der Waals surface area contributed by atoms with Gasteiger partial charge in [0.2, 0.25) is 10.0 Å². The monoisotopic (exact) mass is 308 g/mol. The van der Waals surface area contributed by atoms with Crippen LogP contribution in [0.15, 0.2) is 29.2 Å². The molecule has 2 fully saturated rings. The molecule has 2 aliphatic rings. The van der Waals surface area contributed by atoms with E-state index in [2.05, 4.69) is 0 Å². The van der Waals surface area contributed by atoms with Gasteiger partial charge < -0.3 is 5.73 Å². The number of rotatable bonds is 3. The summed E-state index contributed by atoms with van der Waals surface area (Å²) in [7, 11) is -3.53. The van der Waals surface area contributed by atoms with Crippen LogP contribution >= 0.6 is 0 Å². The van der Waals surface area contributed by atoms with E-state index >= 15 is 0 Å². The van der Waals surface area contributed by atoms with E-state index in [1.54, 1.807) is 18.2 Å². The predicted molar refractivity (Wildman–Crippen MR) is 79.4 cm³/mol. The molecule has 1 heterocycles. The maximum Gasteiger partial charge on any atom is 0.243 e. The summed E-state index contributed by atoms with van der Waals surface area (Å²) in [5.74, 6) is 0.522. The lowest BCUT2D eigenvalue weighted by molar-refractivity contribution is 0.101. The summed E-state index contributed by atoms with van der Waals surface area (Å²) in [6.07, 6.45) is 1.99. The van der Waals surface area contributed by atoms with Gasteiger partial charge in [0.15, 0.2) is 5.78 Å². The molecule has 0 aromatic heterocycles. The summed E-state index contributed by atoms with van der Waals surface area (Å²) in [6, 6.07) is 6.38. The molecule has 0 amide bonds. The third-order valence-corrected chi connectivity index (χ3v) is 6.58. The standard InChI is InChI=1S/C15H20N2O3S/c1-10(18)11-3-2-4-13(7-11)21(19,20)17-8-12-5-6-15(16)14(12)9-17/h2-4,7,12,14-15H,5-6,8-9,16H2,1H3. The molecule has 114 valence electrons. The van der Waals surface area contributed by atoms with Crippen LogP contribution in [0.1, 0.15) is 30.1 Å². The van der Waals surface area contributed by atoms with Gasteiger partial charge in [0.1, 0.15) is 0 Å². The molecule has 3 atom stereocenters. The van der Waals surface area contributed by atoms with E-state index in [4.69, 9.17) is 5.73 Å². The fourth-order valence-electron chi connectivity index (χ4n) is 3.49. The molecule has 3 rings (SSSR count). The normalized spacial score (nSPS) is 29.5. The Bertz CT molecular complexity index is 671. The van der Waals surface area contributed by atoms with Crippen molar-refractivity contribution in [2.75, 3.05) is 13.1 Å². The molecule has 0 spiro atoms. The minimum absolute atomic E-state index is 0.110. The number of fused-ring (bicyclic) bond motifs is 1. The minimum Gasteiger partial charge on any atom is -0.327 e. The molecular formula is C15H20N2O3S. The van der Waals surface area contributed by atoms with E-state index in [1.165, 1.54) is 17.3 Å². The highest BCUT2D eigenvalue weighted by Gasteiger charge is 2.45. The molecule has 21 heavy (non-hydrogen) atoms. The second-order valence-corrected chi connectivity index (χ2v) is 8.01. The summed E-state index contributed by atoms with van der Waals surface area (Å²) < 4.78 is 27.0. The molecule has 1 aliphatic heterocycles. The number of hydrogen-bond donors (Lipinski definition) is 1. The van der Waals surface area contributed by atoms with E-state index in [0.717, 1.165) is 12.8 Å². The Kier molecular flexibility index (Phi) is 3.63. The van der Waals surface area contributed by atoms with Crippen molar-refractivity contribution in [3.63, 3.8) is 0 Å². The van der Waals surface area contributed by atoms with Crippen molar-refractivity contribution in [2.24, 2.45) is 17.6 Å². The molecule has 2 N–H and O–H groups in total. The van der Waals surface area contributed by atoms with Crippen LogP contribution in [0.2, 0.25) is 0 Å². The van der Waals surface area contributed by atoms with Crippen molar-refractivity contribution in [1.29, 1.82) is 0 Å². The van der Waals surface area contributed by atoms with Crippen molar-refractivity contribution in [2.45, 2.75) is 30.7 Å². The Hall–Kier alpha value is -1.24. The van der Waals surface area contributed by atoms with Gasteiger partial charge >= 0.3 is 0 Å². The van der Waals surface area contributed by atoms with E-state index in [-0.39, 0.29) is 22.6 Å². The average molecular weight is 308 g/mol. The molecule has 6 heteroatoms. The predicted octanol–water partition coefficient (Wildman–Crippen LogP) is 1.25. The van der Waals surface area contributed by atoms with Gasteiger partial charge in [-0.1, -0.05) is 12.1 Å². The molecule has 0 bridgehead atoms. The van der Waals surface area contributed by atoms with Gasteiger partial charge in [0.25, 0.3) is 0 Å². The quantitative estimate of drug-likeness (QED) is 0.852. The highest BCUT2D eigenvalue weighted by Crippen LogP contribution is 2.39. The fourth-order valence-corrected chi connectivity index (χ4v) is 5.07. The Labute approximate surface area is 125 Å². The van der Waals surface area contributed by atoms with E-state index < -0.39 is 10.0 Å². The molecule has 1 saturated carbocycles. The summed E-state index contributed by atoms with van der Waals surface area (Å²) in [4.78, 5) is 11.6. The topological polar surface area (TPSA) is 80.5 Å². The molecule has 1 aromatic carbocycles. The molecular weight excluding hydrogens is 288 g/mol. The Morgan fingerprint density at radius 1 is 1.29 bits per heavy atom. The smallest absolute Gasteiger partial charge is 0.243 e. The second-order valence-electron chi connectivity index (χ2n) is 6.07. The van der Waals surface area contributed by atoms with Gasteiger partial charge in [-0.2, -0.15) is 4.31 Å². The molecule has 5 nitrogen and oxygen atoms in total. The lowest BCUT2D eigenvalue weighted by Gasteiger charge is -2.18. The van der Waals surface area contributed by atoms with E-state index in [0.29, 0.717) is 24.6 Å². The van der Waals surface area contributed by atoms with Crippen molar-refractivity contribution in [3.8, 4) is 0 Å². The van der Waals surface area contributed by atoms with Gasteiger partial charge in [-0.15, -0.1) is 0 Å². The Morgan fingerprint density at radius 2 is 2.05 bits per heavy atom. The highest BCUT2D eigenvalue weighted by atomic mass is 32.2. The number of ketones is 1. The lowest BCUT2D eigenvalue weighted by atomic mass is 9.98. The van der Waals surface area contributed by atoms with Gasteiger partial charge in [-0.25, -0.2) is 8.42 Å². The van der Waals surface area contributed by atoms with Crippen LogP contribution in [0.3, 0.4) is 0 Å². The van der Waals surface area contributed by atoms with Crippen LogP contribution in [0, 0.1) is 11.8 Å². The van der Waals surface area contributed by atoms with Crippen LogP contribution in [0.5, 0.6) is 0 Å². The third kappa shape index (κ3) is 2.52. The number of carbonyl (C=O) groups is 1. The van der Waals surface area contributed by atoms with Gasteiger partial charge in [-0.05, 0) is 43.7 Å². The molecule has 3 unspecified atom stereocenters. The van der Waals surface area contributed by atoms with E-state index in [1.807, 2.05) is 0 Å². The number of benzene rings is 1. The number of hydrogen-bond acceptors (Lipinski definition) is 4. The first-order valence-electron chi connectivity index (χ1n) is 7.26. The van der Waals surface area contributed by atoms with Crippen molar-refractivity contribution in [1.82, 2.24) is 4.31 Å². The second kappa shape index (κ2) is 5.19. The van der Waals surface area contributed by atoms with Gasteiger partial charge in [0, 0.05) is 24.7 Å². The summed E-state index contributed by atoms with van der Waals surface area (Å²) >= 11 is 0. The number of Topliss-reactive ketones (excluding diaryl/α,β-unsaturated/α-hetero) is 1. The van der Waals surface area contributed by atoms with Crippen molar-refractivity contribution < 1.29 is 13.2 Å². The first-order valence-corrected chi connectivity index (χ1v) is 8.70. The average Bonchev–Trinajstić information content (AvgIpc) is 3.02. The van der Waals surface area contributed by atoms with Crippen LogP contribution in [0.25, 0.3) is 0 Å². The fraction of sp³-hybridized carbons (Fsp3) is 0.533. The highest BCUT2D eigenvalue weighted by molar-refractivity contribution is 7.89.